The van der Waals surface area contributed by atoms with Crippen LogP contribution in [0.4, 0.5) is 5.69 Å². The molecule has 0 aliphatic heterocycles. The highest BCUT2D eigenvalue weighted by atomic mass is 79.9. The van der Waals surface area contributed by atoms with Crippen LogP contribution in [0.5, 0.6) is 5.75 Å². The monoisotopic (exact) mass is 502 g/mol. The average molecular weight is 503 g/mol. The lowest BCUT2D eigenvalue weighted by Crippen LogP contribution is -2.16. The van der Waals surface area contributed by atoms with Gasteiger partial charge in [0.25, 0.3) is 0 Å². The summed E-state index contributed by atoms with van der Waals surface area (Å²) in [5, 5.41) is 12.5. The van der Waals surface area contributed by atoms with Gasteiger partial charge < -0.3 is 14.6 Å². The third kappa shape index (κ3) is 6.11. The molecule has 0 aliphatic carbocycles. The van der Waals surface area contributed by atoms with Crippen molar-refractivity contribution in [1.82, 2.24) is 14.8 Å². The lowest BCUT2D eigenvalue weighted by molar-refractivity contribution is -0.113. The molecular formula is C23H27BrN4O2S. The van der Waals surface area contributed by atoms with Gasteiger partial charge in [0.1, 0.15) is 11.6 Å². The highest BCUT2D eigenvalue weighted by Crippen LogP contribution is 2.28. The number of aromatic nitrogens is 3. The minimum atomic E-state index is -0.0587. The molecule has 3 aromatic rings. The Hall–Kier alpha value is -2.32. The van der Waals surface area contributed by atoms with Crippen LogP contribution >= 0.6 is 27.7 Å². The molecule has 2 aromatic carbocycles. The zero-order valence-corrected chi connectivity index (χ0v) is 20.6. The summed E-state index contributed by atoms with van der Waals surface area (Å²) in [4.78, 5) is 12.6. The number of thioether (sulfide) groups is 1. The Morgan fingerprint density at radius 2 is 1.94 bits per heavy atom. The van der Waals surface area contributed by atoms with E-state index in [-0.39, 0.29) is 11.7 Å². The summed E-state index contributed by atoms with van der Waals surface area (Å²) in [5.74, 6) is 2.23. The summed E-state index contributed by atoms with van der Waals surface area (Å²) in [5.41, 5.74) is 3.08. The number of rotatable bonds is 9. The van der Waals surface area contributed by atoms with Crippen LogP contribution < -0.4 is 10.1 Å². The van der Waals surface area contributed by atoms with Crippen LogP contribution in [0.15, 0.2) is 52.1 Å². The van der Waals surface area contributed by atoms with Crippen LogP contribution in [0.2, 0.25) is 0 Å². The van der Waals surface area contributed by atoms with Gasteiger partial charge in [0.15, 0.2) is 5.16 Å². The van der Waals surface area contributed by atoms with Gasteiger partial charge in [-0.3, -0.25) is 4.79 Å². The number of hydrogen-bond donors (Lipinski definition) is 1. The van der Waals surface area contributed by atoms with E-state index in [2.05, 4.69) is 56.8 Å². The molecule has 1 N–H and O–H groups in total. The summed E-state index contributed by atoms with van der Waals surface area (Å²) < 4.78 is 8.28. The molecule has 1 heterocycles. The maximum atomic E-state index is 12.6. The molecule has 0 bridgehead atoms. The standard InChI is InChI=1S/C23H27BrN4O2S/c1-5-28-21(12-16-6-9-18(30-4)10-7-16)26-27-23(28)31-14-22(29)25-20-11-8-17(24)13-19(20)15(2)3/h6-11,13,15H,5,12,14H2,1-4H3,(H,25,29). The highest BCUT2D eigenvalue weighted by Gasteiger charge is 2.15. The van der Waals surface area contributed by atoms with Gasteiger partial charge in [-0.05, 0) is 54.3 Å². The van der Waals surface area contributed by atoms with Gasteiger partial charge in [-0.25, -0.2) is 0 Å². The first-order valence-electron chi connectivity index (χ1n) is 10.2. The summed E-state index contributed by atoms with van der Waals surface area (Å²) in [6, 6.07) is 13.9. The Bertz CT molecular complexity index is 1030. The van der Waals surface area contributed by atoms with Crippen LogP contribution in [0.3, 0.4) is 0 Å². The molecule has 0 fully saturated rings. The third-order valence-electron chi connectivity index (χ3n) is 4.87. The third-order valence-corrected chi connectivity index (χ3v) is 6.33. The van der Waals surface area contributed by atoms with E-state index in [9.17, 15) is 4.79 Å². The van der Waals surface area contributed by atoms with Crippen molar-refractivity contribution in [2.45, 2.75) is 44.8 Å². The SMILES string of the molecule is CCn1c(Cc2ccc(OC)cc2)nnc1SCC(=O)Nc1ccc(Br)cc1C(C)C. The molecule has 6 nitrogen and oxygen atoms in total. The smallest absolute Gasteiger partial charge is 0.234 e. The van der Waals surface area contributed by atoms with Gasteiger partial charge >= 0.3 is 0 Å². The minimum Gasteiger partial charge on any atom is -0.497 e. The first-order valence-corrected chi connectivity index (χ1v) is 12.0. The van der Waals surface area contributed by atoms with E-state index in [0.29, 0.717) is 12.3 Å². The van der Waals surface area contributed by atoms with Crippen LogP contribution in [-0.2, 0) is 17.8 Å². The fourth-order valence-electron chi connectivity index (χ4n) is 3.24. The van der Waals surface area contributed by atoms with E-state index in [4.69, 9.17) is 4.74 Å². The quantitative estimate of drug-likeness (QED) is 0.390. The molecule has 3 rings (SSSR count). The second-order valence-electron chi connectivity index (χ2n) is 7.39. The van der Waals surface area contributed by atoms with Gasteiger partial charge in [0.05, 0.1) is 12.9 Å². The second-order valence-corrected chi connectivity index (χ2v) is 9.25. The van der Waals surface area contributed by atoms with Gasteiger partial charge in [-0.1, -0.05) is 53.7 Å². The molecular weight excluding hydrogens is 476 g/mol. The predicted molar refractivity (Wildman–Crippen MR) is 129 cm³/mol. The average Bonchev–Trinajstić information content (AvgIpc) is 3.15. The number of methoxy groups -OCH3 is 1. The van der Waals surface area contributed by atoms with Crippen LogP contribution in [0.1, 0.15) is 43.6 Å². The zero-order chi connectivity index (χ0) is 22.4. The fourth-order valence-corrected chi connectivity index (χ4v) is 4.44. The second kappa shape index (κ2) is 10.8. The van der Waals surface area contributed by atoms with Crippen LogP contribution in [0, 0.1) is 0 Å². The molecule has 1 aromatic heterocycles. The molecule has 164 valence electrons. The number of nitrogens with zero attached hydrogens (tertiary/aromatic N) is 3. The summed E-state index contributed by atoms with van der Waals surface area (Å²) in [6.45, 7) is 7.02. The topological polar surface area (TPSA) is 69.0 Å². The normalized spacial score (nSPS) is 11.0. The maximum absolute atomic E-state index is 12.6. The lowest BCUT2D eigenvalue weighted by atomic mass is 10.0. The number of carbonyl (C=O) groups excluding carboxylic acids is 1. The van der Waals surface area contributed by atoms with Crippen molar-refractivity contribution >= 4 is 39.3 Å². The molecule has 31 heavy (non-hydrogen) atoms. The largest absolute Gasteiger partial charge is 0.497 e. The summed E-state index contributed by atoms with van der Waals surface area (Å²) >= 11 is 4.90. The molecule has 0 aliphatic rings. The van der Waals surface area contributed by atoms with Gasteiger partial charge in [-0.15, -0.1) is 10.2 Å². The highest BCUT2D eigenvalue weighted by molar-refractivity contribution is 9.10. The van der Waals surface area contributed by atoms with E-state index < -0.39 is 0 Å². The predicted octanol–water partition coefficient (Wildman–Crippen LogP) is 5.51. The van der Waals surface area contributed by atoms with Gasteiger partial charge in [0, 0.05) is 23.1 Å². The van der Waals surface area contributed by atoms with E-state index in [1.165, 1.54) is 11.8 Å². The Kier molecular flexibility index (Phi) is 8.15. The van der Waals surface area contributed by atoms with Crippen LogP contribution in [0.25, 0.3) is 0 Å². The Labute approximate surface area is 195 Å². The molecule has 0 spiro atoms. The van der Waals surface area contributed by atoms with E-state index in [1.807, 2.05) is 42.5 Å². The van der Waals surface area contributed by atoms with E-state index >= 15 is 0 Å². The number of benzene rings is 2. The number of hydrogen-bond acceptors (Lipinski definition) is 5. The maximum Gasteiger partial charge on any atom is 0.234 e. The molecule has 0 atom stereocenters. The van der Waals surface area contributed by atoms with Crippen LogP contribution in [-0.4, -0.2) is 33.5 Å². The molecule has 0 saturated heterocycles. The van der Waals surface area contributed by atoms with Crippen molar-refractivity contribution in [2.24, 2.45) is 0 Å². The molecule has 0 saturated carbocycles. The Morgan fingerprint density at radius 1 is 1.19 bits per heavy atom. The molecule has 0 unspecified atom stereocenters. The number of carbonyl (C=O) groups is 1. The molecule has 8 heteroatoms. The summed E-state index contributed by atoms with van der Waals surface area (Å²) in [6.07, 6.45) is 0.675. The van der Waals surface area contributed by atoms with Crippen molar-refractivity contribution in [1.29, 1.82) is 0 Å². The van der Waals surface area contributed by atoms with E-state index in [0.717, 1.165) is 44.6 Å². The van der Waals surface area contributed by atoms with Gasteiger partial charge in [-0.2, -0.15) is 0 Å². The first kappa shape index (κ1) is 23.3. The van der Waals surface area contributed by atoms with E-state index in [1.54, 1.807) is 7.11 Å². The van der Waals surface area contributed by atoms with Crippen molar-refractivity contribution in [3.63, 3.8) is 0 Å². The van der Waals surface area contributed by atoms with Crippen molar-refractivity contribution in [2.75, 3.05) is 18.2 Å². The number of nitrogens with one attached hydrogen (secondary N) is 1. The number of anilines is 1. The Balaban J connectivity index is 1.64. The zero-order valence-electron chi connectivity index (χ0n) is 18.2. The number of ether oxygens (including phenoxy) is 1. The molecule has 0 radical (unpaired) electrons. The minimum absolute atomic E-state index is 0.0587. The summed E-state index contributed by atoms with van der Waals surface area (Å²) in [7, 11) is 1.66. The fraction of sp³-hybridized carbons (Fsp3) is 0.348. The van der Waals surface area contributed by atoms with Crippen molar-refractivity contribution in [3.05, 3.63) is 63.9 Å². The lowest BCUT2D eigenvalue weighted by Gasteiger charge is -2.14. The number of halogens is 1. The number of amides is 1. The van der Waals surface area contributed by atoms with Gasteiger partial charge in [0.2, 0.25) is 5.91 Å². The first-order chi connectivity index (χ1) is 14.9. The van der Waals surface area contributed by atoms with Crippen molar-refractivity contribution < 1.29 is 9.53 Å². The van der Waals surface area contributed by atoms with Crippen molar-refractivity contribution in [3.8, 4) is 5.75 Å². The molecule has 1 amide bonds. The Morgan fingerprint density at radius 3 is 2.58 bits per heavy atom.